The van der Waals surface area contributed by atoms with Gasteiger partial charge in [-0.25, -0.2) is 0 Å². The fraction of sp³-hybridized carbons (Fsp3) is 0.357. The van der Waals surface area contributed by atoms with Crippen molar-refractivity contribution in [1.29, 1.82) is 0 Å². The Balaban J connectivity index is 1.98. The minimum Gasteiger partial charge on any atom is -0.486 e. The number of ether oxygens (including phenoxy) is 2. The van der Waals surface area contributed by atoms with E-state index < -0.39 is 0 Å². The maximum atomic E-state index is 11.8. The summed E-state index contributed by atoms with van der Waals surface area (Å²) in [6.07, 6.45) is 1.67. The zero-order chi connectivity index (χ0) is 13.7. The van der Waals surface area contributed by atoms with E-state index in [1.807, 2.05) is 25.1 Å². The summed E-state index contributed by atoms with van der Waals surface area (Å²) in [4.78, 5) is 12.8. The van der Waals surface area contributed by atoms with Crippen molar-refractivity contribution in [2.45, 2.75) is 17.1 Å². The smallest absolute Gasteiger partial charge is 0.233 e. The second-order valence-corrected chi connectivity index (χ2v) is 5.51. The molecule has 0 aliphatic carbocycles. The lowest BCUT2D eigenvalue weighted by molar-refractivity contribution is -0.120. The molecule has 1 atom stereocenters. The van der Waals surface area contributed by atoms with Crippen molar-refractivity contribution in [1.82, 2.24) is 5.32 Å². The van der Waals surface area contributed by atoms with Crippen LogP contribution in [0.1, 0.15) is 6.92 Å². The van der Waals surface area contributed by atoms with Crippen LogP contribution >= 0.6 is 11.8 Å². The van der Waals surface area contributed by atoms with Crippen LogP contribution in [-0.2, 0) is 4.79 Å². The molecule has 0 radical (unpaired) electrons. The first-order valence-electron chi connectivity index (χ1n) is 6.15. The molecular weight excluding hydrogens is 262 g/mol. The molecule has 0 saturated carbocycles. The molecule has 1 aromatic carbocycles. The Bertz CT molecular complexity index is 476. The first-order valence-corrected chi connectivity index (χ1v) is 7.03. The summed E-state index contributed by atoms with van der Waals surface area (Å²) in [7, 11) is 0. The lowest BCUT2D eigenvalue weighted by Gasteiger charge is -2.19. The summed E-state index contributed by atoms with van der Waals surface area (Å²) >= 11 is 1.49. The van der Waals surface area contributed by atoms with Gasteiger partial charge in [0.25, 0.3) is 0 Å². The van der Waals surface area contributed by atoms with Gasteiger partial charge in [0.1, 0.15) is 13.2 Å². The molecule has 0 spiro atoms. The normalized spacial score (nSPS) is 14.6. The van der Waals surface area contributed by atoms with Crippen molar-refractivity contribution in [3.05, 3.63) is 30.9 Å². The molecule has 1 aromatic rings. The van der Waals surface area contributed by atoms with Crippen LogP contribution in [0.25, 0.3) is 0 Å². The number of nitrogens with one attached hydrogen (secondary N) is 1. The van der Waals surface area contributed by atoms with Crippen LogP contribution < -0.4 is 14.8 Å². The lowest BCUT2D eigenvalue weighted by Crippen LogP contribution is -2.30. The standard InChI is InChI=1S/C14H17NO3S/c1-3-6-15-14(16)10(2)19-11-4-5-12-13(9-11)18-8-7-17-12/h3-5,9-10H,1,6-8H2,2H3,(H,15,16)/t10-/m0/s1. The van der Waals surface area contributed by atoms with Gasteiger partial charge in [0.05, 0.1) is 5.25 Å². The third-order valence-electron chi connectivity index (χ3n) is 2.62. The van der Waals surface area contributed by atoms with Gasteiger partial charge in [-0.15, -0.1) is 18.3 Å². The SMILES string of the molecule is C=CCNC(=O)[C@H](C)Sc1ccc2c(c1)OCCO2. The van der Waals surface area contributed by atoms with Crippen LogP contribution in [-0.4, -0.2) is 30.9 Å². The van der Waals surface area contributed by atoms with Crippen LogP contribution in [0.15, 0.2) is 35.7 Å². The summed E-state index contributed by atoms with van der Waals surface area (Å²) in [5.41, 5.74) is 0. The van der Waals surface area contributed by atoms with Crippen LogP contribution in [0.3, 0.4) is 0 Å². The highest BCUT2D eigenvalue weighted by Gasteiger charge is 2.16. The highest BCUT2D eigenvalue weighted by Crippen LogP contribution is 2.35. The Morgan fingerprint density at radius 3 is 2.95 bits per heavy atom. The zero-order valence-corrected chi connectivity index (χ0v) is 11.7. The molecule has 2 rings (SSSR count). The number of hydrogen-bond donors (Lipinski definition) is 1. The van der Waals surface area contributed by atoms with Crippen molar-refractivity contribution in [3.8, 4) is 11.5 Å². The minimum atomic E-state index is -0.164. The fourth-order valence-corrected chi connectivity index (χ4v) is 2.59. The largest absolute Gasteiger partial charge is 0.486 e. The highest BCUT2D eigenvalue weighted by atomic mass is 32.2. The van der Waals surface area contributed by atoms with E-state index in [2.05, 4.69) is 11.9 Å². The summed E-state index contributed by atoms with van der Waals surface area (Å²) < 4.78 is 11.0. The third kappa shape index (κ3) is 3.67. The van der Waals surface area contributed by atoms with Crippen molar-refractivity contribution >= 4 is 17.7 Å². The quantitative estimate of drug-likeness (QED) is 0.663. The number of rotatable bonds is 5. The summed E-state index contributed by atoms with van der Waals surface area (Å²) in [6.45, 7) is 7.09. The number of thioether (sulfide) groups is 1. The Labute approximate surface area is 117 Å². The molecule has 0 aromatic heterocycles. The van der Waals surface area contributed by atoms with Gasteiger partial charge in [-0.3, -0.25) is 4.79 Å². The van der Waals surface area contributed by atoms with E-state index in [4.69, 9.17) is 9.47 Å². The van der Waals surface area contributed by atoms with E-state index in [0.717, 1.165) is 16.4 Å². The fourth-order valence-electron chi connectivity index (χ4n) is 1.67. The number of carbonyl (C=O) groups is 1. The zero-order valence-electron chi connectivity index (χ0n) is 10.8. The molecule has 4 nitrogen and oxygen atoms in total. The predicted octanol–water partition coefficient (Wildman–Crippen LogP) is 2.24. The first-order chi connectivity index (χ1) is 9.20. The predicted molar refractivity (Wildman–Crippen MR) is 76.0 cm³/mol. The molecule has 0 saturated heterocycles. The van der Waals surface area contributed by atoms with Gasteiger partial charge >= 0.3 is 0 Å². The van der Waals surface area contributed by atoms with E-state index >= 15 is 0 Å². The van der Waals surface area contributed by atoms with Crippen molar-refractivity contribution in [2.24, 2.45) is 0 Å². The number of hydrogen-bond acceptors (Lipinski definition) is 4. The monoisotopic (exact) mass is 279 g/mol. The van der Waals surface area contributed by atoms with Crippen molar-refractivity contribution < 1.29 is 14.3 Å². The van der Waals surface area contributed by atoms with Crippen LogP contribution in [0.4, 0.5) is 0 Å². The van der Waals surface area contributed by atoms with Gasteiger partial charge in [0, 0.05) is 11.4 Å². The number of benzene rings is 1. The average molecular weight is 279 g/mol. The van der Waals surface area contributed by atoms with Crippen molar-refractivity contribution in [2.75, 3.05) is 19.8 Å². The number of fused-ring (bicyclic) bond motifs is 1. The lowest BCUT2D eigenvalue weighted by atomic mass is 10.3. The Morgan fingerprint density at radius 2 is 2.21 bits per heavy atom. The Kier molecular flexibility index (Phi) is 4.74. The van der Waals surface area contributed by atoms with E-state index in [0.29, 0.717) is 19.8 Å². The van der Waals surface area contributed by atoms with E-state index in [1.165, 1.54) is 11.8 Å². The Morgan fingerprint density at radius 1 is 1.47 bits per heavy atom. The second-order valence-electron chi connectivity index (χ2n) is 4.10. The van der Waals surface area contributed by atoms with Gasteiger partial charge in [0.2, 0.25) is 5.91 Å². The third-order valence-corrected chi connectivity index (χ3v) is 3.71. The molecule has 19 heavy (non-hydrogen) atoms. The van der Waals surface area contributed by atoms with E-state index in [-0.39, 0.29) is 11.2 Å². The molecular formula is C14H17NO3S. The highest BCUT2D eigenvalue weighted by molar-refractivity contribution is 8.00. The average Bonchev–Trinajstić information content (AvgIpc) is 2.44. The molecule has 102 valence electrons. The first kappa shape index (κ1) is 13.8. The summed E-state index contributed by atoms with van der Waals surface area (Å²) in [5.74, 6) is 1.51. The molecule has 1 amide bonds. The molecule has 1 aliphatic rings. The van der Waals surface area contributed by atoms with Crippen LogP contribution in [0, 0.1) is 0 Å². The Hall–Kier alpha value is -1.62. The molecule has 0 bridgehead atoms. The summed E-state index contributed by atoms with van der Waals surface area (Å²) in [5, 5.41) is 2.62. The topological polar surface area (TPSA) is 47.6 Å². The van der Waals surface area contributed by atoms with Crippen molar-refractivity contribution in [3.63, 3.8) is 0 Å². The maximum absolute atomic E-state index is 11.8. The summed E-state index contributed by atoms with van der Waals surface area (Å²) in [6, 6.07) is 5.73. The van der Waals surface area contributed by atoms with Gasteiger partial charge in [-0.1, -0.05) is 6.08 Å². The van der Waals surface area contributed by atoms with Gasteiger partial charge < -0.3 is 14.8 Å². The maximum Gasteiger partial charge on any atom is 0.233 e. The van der Waals surface area contributed by atoms with E-state index in [9.17, 15) is 4.79 Å². The van der Waals surface area contributed by atoms with Gasteiger partial charge in [-0.2, -0.15) is 0 Å². The molecule has 0 fully saturated rings. The number of carbonyl (C=O) groups excluding carboxylic acids is 1. The second kappa shape index (κ2) is 6.52. The molecule has 1 N–H and O–H groups in total. The molecule has 1 heterocycles. The molecule has 1 aliphatic heterocycles. The minimum absolute atomic E-state index is 0.000195. The molecule has 5 heteroatoms. The van der Waals surface area contributed by atoms with Gasteiger partial charge in [0.15, 0.2) is 11.5 Å². The molecule has 0 unspecified atom stereocenters. The van der Waals surface area contributed by atoms with Gasteiger partial charge in [-0.05, 0) is 25.1 Å². The van der Waals surface area contributed by atoms with Crippen LogP contribution in [0.5, 0.6) is 11.5 Å². The number of amides is 1. The van der Waals surface area contributed by atoms with E-state index in [1.54, 1.807) is 6.08 Å². The van der Waals surface area contributed by atoms with Crippen LogP contribution in [0.2, 0.25) is 0 Å².